The Hall–Kier alpha value is -1.55. The molecule has 0 atom stereocenters. The van der Waals surface area contributed by atoms with Crippen LogP contribution in [-0.2, 0) is 6.42 Å². The molecule has 1 aromatic carbocycles. The van der Waals surface area contributed by atoms with Crippen LogP contribution >= 0.6 is 15.9 Å². The van der Waals surface area contributed by atoms with Crippen LogP contribution in [-0.4, -0.2) is 15.6 Å². The molecular weight excluding hydrogens is 294 g/mol. The van der Waals surface area contributed by atoms with Crippen LogP contribution in [0.5, 0.6) is 0 Å². The van der Waals surface area contributed by atoms with Crippen molar-refractivity contribution >= 4 is 21.9 Å². The third kappa shape index (κ3) is 2.64. The molecule has 94 valence electrons. The van der Waals surface area contributed by atoms with Gasteiger partial charge in [-0.3, -0.25) is 0 Å². The summed E-state index contributed by atoms with van der Waals surface area (Å²) >= 11 is 3.30. The molecule has 0 aliphatic carbocycles. The van der Waals surface area contributed by atoms with Gasteiger partial charge in [0, 0.05) is 16.4 Å². The third-order valence-electron chi connectivity index (χ3n) is 2.76. The Morgan fingerprint density at radius 1 is 1.33 bits per heavy atom. The fraction of sp³-hybridized carbons (Fsp3) is 0.214. The summed E-state index contributed by atoms with van der Waals surface area (Å²) in [5.74, 6) is -0.932. The fourth-order valence-corrected chi connectivity index (χ4v) is 2.34. The maximum Gasteiger partial charge on any atom is 0.352 e. The van der Waals surface area contributed by atoms with Crippen LogP contribution in [0.15, 0.2) is 41.0 Å². The maximum absolute atomic E-state index is 11.1. The molecule has 0 bridgehead atoms. The van der Waals surface area contributed by atoms with E-state index in [1.165, 1.54) is 5.56 Å². The summed E-state index contributed by atoms with van der Waals surface area (Å²) in [5, 5.41) is 9.14. The lowest BCUT2D eigenvalue weighted by atomic mass is 10.1. The van der Waals surface area contributed by atoms with E-state index < -0.39 is 5.97 Å². The van der Waals surface area contributed by atoms with Gasteiger partial charge in [0.25, 0.3) is 0 Å². The van der Waals surface area contributed by atoms with E-state index in [0.717, 1.165) is 23.0 Å². The standard InChI is InChI=1S/C14H14BrNO2/c1-2-3-10-4-6-12(7-5-10)16-9-11(15)8-13(16)14(17)18/h4-9H,2-3H2,1H3,(H,17,18). The molecule has 0 spiro atoms. The van der Waals surface area contributed by atoms with Gasteiger partial charge in [0.2, 0.25) is 0 Å². The van der Waals surface area contributed by atoms with Crippen LogP contribution in [0.3, 0.4) is 0 Å². The second-order valence-electron chi connectivity index (χ2n) is 4.14. The van der Waals surface area contributed by atoms with Crippen molar-refractivity contribution in [2.75, 3.05) is 0 Å². The zero-order chi connectivity index (χ0) is 13.1. The lowest BCUT2D eigenvalue weighted by Crippen LogP contribution is -2.05. The lowest BCUT2D eigenvalue weighted by Gasteiger charge is -2.07. The summed E-state index contributed by atoms with van der Waals surface area (Å²) in [6.45, 7) is 2.14. The Morgan fingerprint density at radius 3 is 2.56 bits per heavy atom. The first-order valence-electron chi connectivity index (χ1n) is 5.82. The van der Waals surface area contributed by atoms with Gasteiger partial charge < -0.3 is 9.67 Å². The summed E-state index contributed by atoms with van der Waals surface area (Å²) in [6.07, 6.45) is 3.91. The molecule has 4 heteroatoms. The van der Waals surface area contributed by atoms with Crippen LogP contribution in [0.1, 0.15) is 29.4 Å². The average molecular weight is 308 g/mol. The van der Waals surface area contributed by atoms with Crippen molar-refractivity contribution < 1.29 is 9.90 Å². The predicted molar refractivity (Wildman–Crippen MR) is 74.4 cm³/mol. The van der Waals surface area contributed by atoms with Crippen molar-refractivity contribution in [2.45, 2.75) is 19.8 Å². The lowest BCUT2D eigenvalue weighted by molar-refractivity contribution is 0.0688. The Kier molecular flexibility index (Phi) is 3.87. The number of aromatic nitrogens is 1. The molecule has 1 heterocycles. The van der Waals surface area contributed by atoms with Crippen molar-refractivity contribution in [2.24, 2.45) is 0 Å². The number of nitrogens with zero attached hydrogens (tertiary/aromatic N) is 1. The number of carbonyl (C=O) groups is 1. The molecule has 0 unspecified atom stereocenters. The minimum atomic E-state index is -0.932. The summed E-state index contributed by atoms with van der Waals surface area (Å²) in [4.78, 5) is 11.1. The van der Waals surface area contributed by atoms with E-state index in [9.17, 15) is 4.79 Å². The molecule has 2 aromatic rings. The number of carboxylic acid groups (broad SMARTS) is 1. The summed E-state index contributed by atoms with van der Waals surface area (Å²) in [5.41, 5.74) is 2.38. The average Bonchev–Trinajstić information content (AvgIpc) is 2.73. The molecule has 2 rings (SSSR count). The molecule has 3 nitrogen and oxygen atoms in total. The highest BCUT2D eigenvalue weighted by Gasteiger charge is 2.12. The van der Waals surface area contributed by atoms with Crippen LogP contribution in [0.4, 0.5) is 0 Å². The van der Waals surface area contributed by atoms with Gasteiger partial charge in [-0.05, 0) is 46.1 Å². The highest BCUT2D eigenvalue weighted by atomic mass is 79.9. The van der Waals surface area contributed by atoms with Gasteiger partial charge in [-0.15, -0.1) is 0 Å². The van der Waals surface area contributed by atoms with E-state index in [4.69, 9.17) is 5.11 Å². The summed E-state index contributed by atoms with van der Waals surface area (Å²) in [7, 11) is 0. The molecule has 0 saturated carbocycles. The van der Waals surface area contributed by atoms with Gasteiger partial charge >= 0.3 is 5.97 Å². The van der Waals surface area contributed by atoms with Crippen LogP contribution in [0.25, 0.3) is 5.69 Å². The number of carboxylic acids is 1. The SMILES string of the molecule is CCCc1ccc(-n2cc(Br)cc2C(=O)O)cc1. The van der Waals surface area contributed by atoms with Crippen molar-refractivity contribution in [1.29, 1.82) is 0 Å². The number of hydrogen-bond acceptors (Lipinski definition) is 1. The van der Waals surface area contributed by atoms with Crippen LogP contribution < -0.4 is 0 Å². The van der Waals surface area contributed by atoms with E-state index in [2.05, 4.69) is 22.9 Å². The second kappa shape index (κ2) is 5.40. The van der Waals surface area contributed by atoms with Gasteiger partial charge in [-0.1, -0.05) is 25.5 Å². The van der Waals surface area contributed by atoms with E-state index >= 15 is 0 Å². The molecule has 0 fully saturated rings. The second-order valence-corrected chi connectivity index (χ2v) is 5.05. The molecule has 18 heavy (non-hydrogen) atoms. The first-order valence-corrected chi connectivity index (χ1v) is 6.61. The number of halogens is 1. The molecular formula is C14H14BrNO2. The minimum absolute atomic E-state index is 0.255. The molecule has 1 N–H and O–H groups in total. The van der Waals surface area contributed by atoms with Gasteiger partial charge in [-0.25, -0.2) is 4.79 Å². The molecule has 0 amide bonds. The van der Waals surface area contributed by atoms with Crippen molar-refractivity contribution in [3.8, 4) is 5.69 Å². The smallest absolute Gasteiger partial charge is 0.352 e. The van der Waals surface area contributed by atoms with Crippen LogP contribution in [0, 0.1) is 0 Å². The topological polar surface area (TPSA) is 42.2 Å². The molecule has 0 saturated heterocycles. The van der Waals surface area contributed by atoms with Gasteiger partial charge in [0.05, 0.1) is 0 Å². The number of hydrogen-bond donors (Lipinski definition) is 1. The quantitative estimate of drug-likeness (QED) is 0.931. The Morgan fingerprint density at radius 2 is 2.00 bits per heavy atom. The minimum Gasteiger partial charge on any atom is -0.477 e. The first-order chi connectivity index (χ1) is 8.61. The number of aromatic carboxylic acids is 1. The van der Waals surface area contributed by atoms with E-state index in [0.29, 0.717) is 0 Å². The number of rotatable bonds is 4. The zero-order valence-corrected chi connectivity index (χ0v) is 11.6. The van der Waals surface area contributed by atoms with Gasteiger partial charge in [0.1, 0.15) is 5.69 Å². The molecule has 0 aliphatic heterocycles. The monoisotopic (exact) mass is 307 g/mol. The fourth-order valence-electron chi connectivity index (χ4n) is 1.92. The molecule has 1 aromatic heterocycles. The van der Waals surface area contributed by atoms with Gasteiger partial charge in [0.15, 0.2) is 0 Å². The highest BCUT2D eigenvalue weighted by molar-refractivity contribution is 9.10. The number of aryl methyl sites for hydroxylation is 1. The zero-order valence-electron chi connectivity index (χ0n) is 10.1. The predicted octanol–water partition coefficient (Wildman–Crippen LogP) is 3.89. The Balaban J connectivity index is 2.39. The highest BCUT2D eigenvalue weighted by Crippen LogP contribution is 2.20. The third-order valence-corrected chi connectivity index (χ3v) is 3.19. The van der Waals surface area contributed by atoms with Crippen molar-refractivity contribution in [3.05, 3.63) is 52.3 Å². The molecule has 0 aliphatic rings. The number of benzene rings is 1. The van der Waals surface area contributed by atoms with Crippen LogP contribution in [0.2, 0.25) is 0 Å². The maximum atomic E-state index is 11.1. The Bertz CT molecular complexity index is 558. The van der Waals surface area contributed by atoms with E-state index in [-0.39, 0.29) is 5.69 Å². The molecule has 0 radical (unpaired) electrons. The summed E-state index contributed by atoms with van der Waals surface area (Å²) < 4.78 is 2.43. The van der Waals surface area contributed by atoms with Gasteiger partial charge in [-0.2, -0.15) is 0 Å². The normalized spacial score (nSPS) is 10.6. The van der Waals surface area contributed by atoms with Crippen molar-refractivity contribution in [3.63, 3.8) is 0 Å². The summed E-state index contributed by atoms with van der Waals surface area (Å²) in [6, 6.07) is 9.58. The largest absolute Gasteiger partial charge is 0.477 e. The first kappa shape index (κ1) is 12.9. The van der Waals surface area contributed by atoms with Crippen molar-refractivity contribution in [1.82, 2.24) is 4.57 Å². The Labute approximate surface area is 114 Å². The van der Waals surface area contributed by atoms with E-state index in [1.807, 2.05) is 24.3 Å². The van der Waals surface area contributed by atoms with E-state index in [1.54, 1.807) is 16.8 Å².